The second kappa shape index (κ2) is 4.86. The second-order valence-electron chi connectivity index (χ2n) is 9.00. The molecule has 0 aromatic heterocycles. The molecular formula is C22H32. The van der Waals surface area contributed by atoms with E-state index in [9.17, 15) is 0 Å². The fourth-order valence-corrected chi connectivity index (χ4v) is 7.13. The van der Waals surface area contributed by atoms with Crippen molar-refractivity contribution < 1.29 is 0 Å². The minimum absolute atomic E-state index is 0.312. The van der Waals surface area contributed by atoms with Crippen LogP contribution in [0.25, 0.3) is 0 Å². The zero-order chi connectivity index (χ0) is 15.5. The van der Waals surface area contributed by atoms with Crippen molar-refractivity contribution in [2.45, 2.75) is 59.8 Å². The molecular weight excluding hydrogens is 264 g/mol. The molecule has 4 rings (SSSR count). The van der Waals surface area contributed by atoms with E-state index < -0.39 is 0 Å². The average Bonchev–Trinajstić information content (AvgIpc) is 2.76. The molecule has 0 nitrogen and oxygen atoms in total. The highest BCUT2D eigenvalue weighted by atomic mass is 14.6. The quantitative estimate of drug-likeness (QED) is 0.508. The van der Waals surface area contributed by atoms with E-state index in [1.54, 1.807) is 5.57 Å². The molecule has 0 N–H and O–H groups in total. The van der Waals surface area contributed by atoms with Crippen LogP contribution in [0.5, 0.6) is 0 Å². The van der Waals surface area contributed by atoms with Gasteiger partial charge in [0.2, 0.25) is 0 Å². The average molecular weight is 296 g/mol. The topological polar surface area (TPSA) is 0 Å². The molecule has 7 atom stereocenters. The third-order valence-electron chi connectivity index (χ3n) is 8.20. The fourth-order valence-electron chi connectivity index (χ4n) is 7.13. The van der Waals surface area contributed by atoms with Gasteiger partial charge in [0.25, 0.3) is 0 Å². The van der Waals surface area contributed by atoms with Crippen molar-refractivity contribution in [1.82, 2.24) is 0 Å². The van der Waals surface area contributed by atoms with Crippen LogP contribution >= 0.6 is 0 Å². The first kappa shape index (κ1) is 14.8. The third-order valence-corrected chi connectivity index (χ3v) is 8.20. The van der Waals surface area contributed by atoms with E-state index in [1.807, 2.05) is 0 Å². The summed E-state index contributed by atoms with van der Waals surface area (Å²) < 4.78 is 0. The Morgan fingerprint density at radius 2 is 2.05 bits per heavy atom. The predicted octanol–water partition coefficient (Wildman–Crippen LogP) is 6.16. The zero-order valence-corrected chi connectivity index (χ0v) is 14.8. The smallest absolute Gasteiger partial charge is 0.0134 e. The number of fused-ring (bicyclic) bond motifs is 5. The Labute approximate surface area is 136 Å². The van der Waals surface area contributed by atoms with Gasteiger partial charge in [0.15, 0.2) is 0 Å². The van der Waals surface area contributed by atoms with Crippen molar-refractivity contribution in [3.8, 4) is 0 Å². The molecule has 0 spiro atoms. The predicted molar refractivity (Wildman–Crippen MR) is 94.5 cm³/mol. The maximum Gasteiger partial charge on any atom is 0.0134 e. The van der Waals surface area contributed by atoms with E-state index in [2.05, 4.69) is 58.1 Å². The molecule has 4 aliphatic rings. The summed E-state index contributed by atoms with van der Waals surface area (Å²) in [5.41, 5.74) is 2.50. The molecule has 4 aliphatic carbocycles. The van der Waals surface area contributed by atoms with Crippen LogP contribution in [0.2, 0.25) is 0 Å². The molecule has 0 saturated heterocycles. The molecule has 0 amide bonds. The minimum atomic E-state index is 0.312. The monoisotopic (exact) mass is 296 g/mol. The van der Waals surface area contributed by atoms with Gasteiger partial charge in [0.1, 0.15) is 0 Å². The minimum Gasteiger partial charge on any atom is -0.0838 e. The summed E-state index contributed by atoms with van der Waals surface area (Å²) in [7, 11) is 0. The normalized spacial score (nSPS) is 52.7. The highest BCUT2D eigenvalue weighted by Gasteiger charge is 2.58. The van der Waals surface area contributed by atoms with Gasteiger partial charge in [-0.1, -0.05) is 64.5 Å². The Morgan fingerprint density at radius 1 is 1.23 bits per heavy atom. The maximum atomic E-state index is 2.63. The molecule has 22 heavy (non-hydrogen) atoms. The number of allylic oxidation sites excluding steroid dienone is 6. The lowest BCUT2D eigenvalue weighted by atomic mass is 9.49. The van der Waals surface area contributed by atoms with Crippen molar-refractivity contribution in [1.29, 1.82) is 0 Å². The van der Waals surface area contributed by atoms with Crippen LogP contribution in [-0.4, -0.2) is 0 Å². The van der Waals surface area contributed by atoms with Crippen molar-refractivity contribution in [3.63, 3.8) is 0 Å². The van der Waals surface area contributed by atoms with Gasteiger partial charge in [-0.2, -0.15) is 0 Å². The molecule has 0 radical (unpaired) electrons. The zero-order valence-electron chi connectivity index (χ0n) is 14.8. The molecule has 0 aliphatic heterocycles. The van der Waals surface area contributed by atoms with E-state index in [-0.39, 0.29) is 0 Å². The van der Waals surface area contributed by atoms with E-state index in [4.69, 9.17) is 0 Å². The van der Waals surface area contributed by atoms with E-state index in [1.165, 1.54) is 25.7 Å². The van der Waals surface area contributed by atoms with Crippen molar-refractivity contribution in [3.05, 3.63) is 36.0 Å². The first-order valence-corrected chi connectivity index (χ1v) is 9.57. The third kappa shape index (κ3) is 1.76. The van der Waals surface area contributed by atoms with Crippen LogP contribution in [-0.2, 0) is 0 Å². The molecule has 2 fully saturated rings. The highest BCUT2D eigenvalue weighted by Crippen LogP contribution is 2.66. The lowest BCUT2D eigenvalue weighted by Crippen LogP contribution is -2.47. The molecule has 0 bridgehead atoms. The summed E-state index contributed by atoms with van der Waals surface area (Å²) in [6, 6.07) is 0. The largest absolute Gasteiger partial charge is 0.0838 e. The molecule has 0 unspecified atom stereocenters. The first-order valence-electron chi connectivity index (χ1n) is 9.57. The van der Waals surface area contributed by atoms with Crippen LogP contribution < -0.4 is 0 Å². The Balaban J connectivity index is 1.74. The highest BCUT2D eigenvalue weighted by molar-refractivity contribution is 5.40. The van der Waals surface area contributed by atoms with Gasteiger partial charge in [0, 0.05) is 5.41 Å². The van der Waals surface area contributed by atoms with Gasteiger partial charge >= 0.3 is 0 Å². The molecule has 2 saturated carbocycles. The Hall–Kier alpha value is -0.780. The van der Waals surface area contributed by atoms with Gasteiger partial charge < -0.3 is 0 Å². The fraction of sp³-hybridized carbons (Fsp3) is 0.727. The Kier molecular flexibility index (Phi) is 3.26. The van der Waals surface area contributed by atoms with Crippen LogP contribution in [0.4, 0.5) is 0 Å². The van der Waals surface area contributed by atoms with E-state index in [0.29, 0.717) is 10.8 Å². The molecule has 0 aromatic carbocycles. The van der Waals surface area contributed by atoms with E-state index in [0.717, 1.165) is 36.0 Å². The lowest BCUT2D eigenvalue weighted by molar-refractivity contribution is -0.000639. The number of hydrogen-bond donors (Lipinski definition) is 0. The molecule has 120 valence electrons. The van der Waals surface area contributed by atoms with Crippen LogP contribution in [0.15, 0.2) is 36.0 Å². The summed E-state index contributed by atoms with van der Waals surface area (Å²) in [5.74, 6) is 4.41. The number of rotatable bonds is 1. The van der Waals surface area contributed by atoms with Crippen LogP contribution in [0, 0.1) is 40.4 Å². The SMILES string of the molecule is CC[C@@H]1[C@H](C)C[C@H]2[C@@H]3C=CC4=CCC=C[C@]4(C)[C@H]3CC[C@]12C. The summed E-state index contributed by atoms with van der Waals surface area (Å²) in [4.78, 5) is 0. The van der Waals surface area contributed by atoms with Gasteiger partial charge in [-0.05, 0) is 66.3 Å². The van der Waals surface area contributed by atoms with Gasteiger partial charge in [-0.15, -0.1) is 0 Å². The lowest BCUT2D eigenvalue weighted by Gasteiger charge is -2.55. The van der Waals surface area contributed by atoms with Crippen LogP contribution in [0.3, 0.4) is 0 Å². The summed E-state index contributed by atoms with van der Waals surface area (Å²) >= 11 is 0. The number of hydrogen-bond acceptors (Lipinski definition) is 0. The standard InChI is InChI=1S/C22H32/c1-5-18-15(2)14-20-17-10-9-16-8-6-7-12-21(16,3)19(17)11-13-22(18,20)4/h7-10,12,15,17-20H,5-6,11,13-14H2,1-4H3/t15-,17-,18-,19+,20+,21+,22-/m1/s1. The summed E-state index contributed by atoms with van der Waals surface area (Å²) in [6.07, 6.45) is 19.3. The molecule has 0 aromatic rings. The maximum absolute atomic E-state index is 2.63. The summed E-state index contributed by atoms with van der Waals surface area (Å²) in [5, 5.41) is 0. The van der Waals surface area contributed by atoms with Gasteiger partial charge in [-0.3, -0.25) is 0 Å². The Morgan fingerprint density at radius 3 is 2.82 bits per heavy atom. The van der Waals surface area contributed by atoms with Crippen molar-refractivity contribution in [2.75, 3.05) is 0 Å². The van der Waals surface area contributed by atoms with Crippen molar-refractivity contribution in [2.24, 2.45) is 40.4 Å². The van der Waals surface area contributed by atoms with E-state index >= 15 is 0 Å². The van der Waals surface area contributed by atoms with Gasteiger partial charge in [-0.25, -0.2) is 0 Å². The van der Waals surface area contributed by atoms with Crippen molar-refractivity contribution >= 4 is 0 Å². The summed E-state index contributed by atoms with van der Waals surface area (Å²) in [6.45, 7) is 10.1. The first-order chi connectivity index (χ1) is 10.5. The molecule has 0 heterocycles. The second-order valence-corrected chi connectivity index (χ2v) is 9.00. The van der Waals surface area contributed by atoms with Crippen LogP contribution in [0.1, 0.15) is 59.8 Å². The van der Waals surface area contributed by atoms with Gasteiger partial charge in [0.05, 0.1) is 0 Å². The molecule has 0 heteroatoms. The Bertz CT molecular complexity index is 550.